The predicted octanol–water partition coefficient (Wildman–Crippen LogP) is 7.21. The van der Waals surface area contributed by atoms with E-state index in [1.54, 1.807) is 0 Å². The number of hydrogen-bond donors (Lipinski definition) is 0. The summed E-state index contributed by atoms with van der Waals surface area (Å²) in [5.74, 6) is 0. The average Bonchev–Trinajstić information content (AvgIpc) is 3.32. The molecular weight excluding hydrogens is 376 g/mol. The molecule has 0 saturated carbocycles. The van der Waals surface area contributed by atoms with E-state index < -0.39 is 0 Å². The molecule has 0 radical (unpaired) electrons. The zero-order chi connectivity index (χ0) is 21.5. The zero-order valence-corrected chi connectivity index (χ0v) is 19.3. The van der Waals surface area contributed by atoms with Crippen LogP contribution in [0.3, 0.4) is 0 Å². The Bertz CT molecular complexity index is 980. The number of fused-ring (bicyclic) bond motifs is 2. The van der Waals surface area contributed by atoms with Crippen molar-refractivity contribution < 1.29 is 4.58 Å². The smallest absolute Gasteiger partial charge is 0.209 e. The van der Waals surface area contributed by atoms with Gasteiger partial charge in [-0.05, 0) is 30.5 Å². The first-order valence-electron chi connectivity index (χ1n) is 12.3. The van der Waals surface area contributed by atoms with Crippen LogP contribution in [0.1, 0.15) is 63.5 Å². The van der Waals surface area contributed by atoms with Gasteiger partial charge in [0, 0.05) is 48.5 Å². The normalized spacial score (nSPS) is 16.6. The van der Waals surface area contributed by atoms with Gasteiger partial charge in [0.25, 0.3) is 0 Å². The van der Waals surface area contributed by atoms with E-state index in [0.29, 0.717) is 0 Å². The summed E-state index contributed by atoms with van der Waals surface area (Å²) in [6.07, 6.45) is 16.7. The van der Waals surface area contributed by atoms with Gasteiger partial charge in [-0.1, -0.05) is 75.6 Å². The molecule has 0 fully saturated rings. The van der Waals surface area contributed by atoms with Crippen LogP contribution >= 0.6 is 0 Å². The van der Waals surface area contributed by atoms with Gasteiger partial charge in [-0.3, -0.25) is 0 Å². The lowest BCUT2D eigenvalue weighted by Gasteiger charge is -2.21. The van der Waals surface area contributed by atoms with Crippen LogP contribution in [0.15, 0.2) is 72.5 Å². The Morgan fingerprint density at radius 3 is 2.42 bits per heavy atom. The number of rotatable bonds is 10. The van der Waals surface area contributed by atoms with Crippen LogP contribution in [0.5, 0.6) is 0 Å². The number of anilines is 1. The average molecular weight is 414 g/mol. The molecule has 2 heterocycles. The number of allylic oxidation sites excluding steroid dienone is 4. The maximum atomic E-state index is 2.54. The molecular formula is C29H37N2+. The fourth-order valence-corrected chi connectivity index (χ4v) is 4.87. The van der Waals surface area contributed by atoms with Crippen LogP contribution < -0.4 is 4.90 Å². The highest BCUT2D eigenvalue weighted by Crippen LogP contribution is 2.34. The van der Waals surface area contributed by atoms with Crippen molar-refractivity contribution in [2.75, 3.05) is 18.0 Å². The molecule has 2 heteroatoms. The fraction of sp³-hybridized carbons (Fsp3) is 0.414. The van der Waals surface area contributed by atoms with Crippen LogP contribution in [-0.4, -0.2) is 23.4 Å². The van der Waals surface area contributed by atoms with Gasteiger partial charge in [0.15, 0.2) is 5.71 Å². The molecule has 162 valence electrons. The van der Waals surface area contributed by atoms with E-state index in [1.165, 1.54) is 72.4 Å². The minimum Gasteiger partial charge on any atom is -0.345 e. The molecule has 2 nitrogen and oxygen atoms in total. The first kappa shape index (κ1) is 21.6. The van der Waals surface area contributed by atoms with Gasteiger partial charge in [-0.2, -0.15) is 4.58 Å². The van der Waals surface area contributed by atoms with Gasteiger partial charge < -0.3 is 4.90 Å². The molecule has 0 spiro atoms. The Balaban J connectivity index is 1.54. The molecule has 0 atom stereocenters. The third-order valence-electron chi connectivity index (χ3n) is 6.55. The van der Waals surface area contributed by atoms with Crippen molar-refractivity contribution in [2.45, 2.75) is 65.2 Å². The Kier molecular flexibility index (Phi) is 7.40. The Labute approximate surface area is 188 Å². The number of nitrogens with zero attached hydrogens (tertiary/aromatic N) is 2. The molecule has 4 rings (SSSR count). The van der Waals surface area contributed by atoms with E-state index >= 15 is 0 Å². The van der Waals surface area contributed by atoms with E-state index in [2.05, 4.69) is 90.1 Å². The largest absolute Gasteiger partial charge is 0.345 e. The SMILES string of the molecule is CCCCCN1/C(=C\C=C\C2=[N+](CCCCC)c3ccccc3C2)Cc2ccccc21. The van der Waals surface area contributed by atoms with Crippen LogP contribution in [0.2, 0.25) is 0 Å². The third-order valence-corrected chi connectivity index (χ3v) is 6.55. The van der Waals surface area contributed by atoms with Gasteiger partial charge in [0.2, 0.25) is 5.69 Å². The number of para-hydroxylation sites is 2. The van der Waals surface area contributed by atoms with Crippen LogP contribution in [0.4, 0.5) is 11.4 Å². The summed E-state index contributed by atoms with van der Waals surface area (Å²) in [5, 5.41) is 0. The van der Waals surface area contributed by atoms with Gasteiger partial charge in [-0.25, -0.2) is 0 Å². The van der Waals surface area contributed by atoms with Crippen molar-refractivity contribution in [1.29, 1.82) is 0 Å². The molecule has 0 aliphatic carbocycles. The summed E-state index contributed by atoms with van der Waals surface area (Å²) < 4.78 is 2.54. The van der Waals surface area contributed by atoms with E-state index in [-0.39, 0.29) is 0 Å². The van der Waals surface area contributed by atoms with Crippen molar-refractivity contribution in [3.63, 3.8) is 0 Å². The molecule has 0 bridgehead atoms. The summed E-state index contributed by atoms with van der Waals surface area (Å²) in [4.78, 5) is 2.54. The molecule has 0 amide bonds. The lowest BCUT2D eigenvalue weighted by molar-refractivity contribution is -0.437. The van der Waals surface area contributed by atoms with E-state index in [9.17, 15) is 0 Å². The second kappa shape index (κ2) is 10.6. The molecule has 31 heavy (non-hydrogen) atoms. The molecule has 0 unspecified atom stereocenters. The molecule has 0 aromatic heterocycles. The van der Waals surface area contributed by atoms with Gasteiger partial charge in [-0.15, -0.1) is 0 Å². The monoisotopic (exact) mass is 413 g/mol. The summed E-state index contributed by atoms with van der Waals surface area (Å²) in [6, 6.07) is 17.8. The molecule has 2 aromatic carbocycles. The highest BCUT2D eigenvalue weighted by molar-refractivity contribution is 5.96. The highest BCUT2D eigenvalue weighted by Gasteiger charge is 2.27. The number of benzene rings is 2. The maximum Gasteiger partial charge on any atom is 0.209 e. The molecule has 2 aliphatic rings. The summed E-state index contributed by atoms with van der Waals surface area (Å²) in [6.45, 7) is 6.80. The van der Waals surface area contributed by atoms with E-state index in [0.717, 1.165) is 25.9 Å². The Morgan fingerprint density at radius 1 is 0.839 bits per heavy atom. The van der Waals surface area contributed by atoms with Gasteiger partial charge in [0.05, 0.1) is 6.42 Å². The Morgan fingerprint density at radius 2 is 1.58 bits per heavy atom. The van der Waals surface area contributed by atoms with Crippen LogP contribution in [0, 0.1) is 0 Å². The fourth-order valence-electron chi connectivity index (χ4n) is 4.87. The first-order valence-corrected chi connectivity index (χ1v) is 12.3. The van der Waals surface area contributed by atoms with Crippen LogP contribution in [-0.2, 0) is 12.8 Å². The zero-order valence-electron chi connectivity index (χ0n) is 19.3. The lowest BCUT2D eigenvalue weighted by Crippen LogP contribution is -2.20. The van der Waals surface area contributed by atoms with Crippen molar-refractivity contribution >= 4 is 17.1 Å². The summed E-state index contributed by atoms with van der Waals surface area (Å²) in [7, 11) is 0. The molecule has 2 aliphatic heterocycles. The van der Waals surface area contributed by atoms with Crippen molar-refractivity contribution in [3.05, 3.63) is 83.6 Å². The molecule has 2 aromatic rings. The standard InChI is InChI=1S/C29H37N2/c1-3-5-11-20-30-26(22-24-14-7-9-18-28(24)30)16-13-17-27-23-25-15-8-10-19-29(25)31(27)21-12-6-4-2/h7-10,13-19H,3-6,11-12,20-23H2,1-2H3/q+1. The number of hydrogen-bond acceptors (Lipinski definition) is 1. The lowest BCUT2D eigenvalue weighted by atomic mass is 10.1. The van der Waals surface area contributed by atoms with Crippen molar-refractivity contribution in [2.24, 2.45) is 0 Å². The topological polar surface area (TPSA) is 6.25 Å². The van der Waals surface area contributed by atoms with Gasteiger partial charge >= 0.3 is 0 Å². The number of unbranched alkanes of at least 4 members (excludes halogenated alkanes) is 4. The van der Waals surface area contributed by atoms with Crippen LogP contribution in [0.25, 0.3) is 0 Å². The first-order chi connectivity index (χ1) is 15.3. The van der Waals surface area contributed by atoms with E-state index in [1.807, 2.05) is 0 Å². The summed E-state index contributed by atoms with van der Waals surface area (Å²) in [5.41, 5.74) is 8.59. The second-order valence-corrected chi connectivity index (χ2v) is 8.84. The minimum absolute atomic E-state index is 1.04. The highest BCUT2D eigenvalue weighted by atomic mass is 15.2. The predicted molar refractivity (Wildman–Crippen MR) is 134 cm³/mol. The second-order valence-electron chi connectivity index (χ2n) is 8.84. The summed E-state index contributed by atoms with van der Waals surface area (Å²) >= 11 is 0. The Hall–Kier alpha value is -2.61. The van der Waals surface area contributed by atoms with E-state index in [4.69, 9.17) is 0 Å². The van der Waals surface area contributed by atoms with Gasteiger partial charge in [0.1, 0.15) is 6.54 Å². The molecule has 0 saturated heterocycles. The third kappa shape index (κ3) is 5.01. The maximum absolute atomic E-state index is 2.54. The van der Waals surface area contributed by atoms with Crippen molar-refractivity contribution in [3.8, 4) is 0 Å². The minimum atomic E-state index is 1.04. The van der Waals surface area contributed by atoms with Crippen molar-refractivity contribution in [1.82, 2.24) is 0 Å². The quantitative estimate of drug-likeness (QED) is 0.294. The molecule has 0 N–H and O–H groups in total.